The van der Waals surface area contributed by atoms with E-state index in [2.05, 4.69) is 4.90 Å². The summed E-state index contributed by atoms with van der Waals surface area (Å²) >= 11 is 0. The molecular weight excluding hydrogens is 508 g/mol. The molecule has 2 aliphatic heterocycles. The average molecular weight is 547 g/mol. The molecule has 208 valence electrons. The molecule has 1 saturated heterocycles. The van der Waals surface area contributed by atoms with Gasteiger partial charge in [-0.15, -0.1) is 0 Å². The van der Waals surface area contributed by atoms with Crippen LogP contribution in [-0.2, 0) is 14.8 Å². The van der Waals surface area contributed by atoms with Gasteiger partial charge < -0.3 is 19.3 Å². The van der Waals surface area contributed by atoms with Gasteiger partial charge in [-0.2, -0.15) is 4.31 Å². The van der Waals surface area contributed by atoms with E-state index >= 15 is 0 Å². The molecule has 2 aliphatic rings. The molecule has 9 nitrogen and oxygen atoms in total. The number of sulfonamides is 1. The van der Waals surface area contributed by atoms with Crippen molar-refractivity contribution in [3.8, 4) is 17.2 Å². The topological polar surface area (TPSA) is 106 Å². The Kier molecular flexibility index (Phi) is 8.85. The summed E-state index contributed by atoms with van der Waals surface area (Å²) < 4.78 is 44.1. The van der Waals surface area contributed by atoms with Crippen LogP contribution in [0.2, 0.25) is 0 Å². The standard InChI is InChI=1S/C28H38N2O7S/c1-5-13-30(38(33,34)14-6-2)19(3)16-29-17-23(21-9-12-24-25(15-21)37-18-36-24)26(28(31)32)27(29)20-7-10-22(35-4)11-8-20/h7-12,15,19,23,26-27H,5-6,13-14,16-18H2,1-4H3,(H,31,32)/t19?,23-,26+,27-/m1/s1. The quantitative estimate of drug-likeness (QED) is 0.424. The first kappa shape index (κ1) is 28.2. The first-order valence-electron chi connectivity index (χ1n) is 13.2. The molecule has 1 unspecified atom stereocenters. The van der Waals surface area contributed by atoms with Crippen molar-refractivity contribution in [2.75, 3.05) is 39.3 Å². The van der Waals surface area contributed by atoms with Crippen molar-refractivity contribution in [1.82, 2.24) is 9.21 Å². The van der Waals surface area contributed by atoms with E-state index in [0.29, 0.717) is 49.7 Å². The van der Waals surface area contributed by atoms with Crippen molar-refractivity contribution < 1.29 is 32.5 Å². The van der Waals surface area contributed by atoms with Gasteiger partial charge in [-0.3, -0.25) is 9.69 Å². The number of hydrogen-bond acceptors (Lipinski definition) is 7. The Balaban J connectivity index is 1.72. The highest BCUT2D eigenvalue weighted by atomic mass is 32.2. The van der Waals surface area contributed by atoms with Gasteiger partial charge in [0.2, 0.25) is 16.8 Å². The van der Waals surface area contributed by atoms with Gasteiger partial charge in [-0.25, -0.2) is 8.42 Å². The molecular formula is C28H38N2O7S. The summed E-state index contributed by atoms with van der Waals surface area (Å²) in [5, 5.41) is 10.5. The highest BCUT2D eigenvalue weighted by molar-refractivity contribution is 7.89. The molecule has 2 aromatic carbocycles. The largest absolute Gasteiger partial charge is 0.497 e. The first-order chi connectivity index (χ1) is 18.2. The molecule has 2 heterocycles. The zero-order chi connectivity index (χ0) is 27.4. The third-order valence-electron chi connectivity index (χ3n) is 7.42. The second kappa shape index (κ2) is 11.9. The summed E-state index contributed by atoms with van der Waals surface area (Å²) in [5.41, 5.74) is 1.71. The van der Waals surface area contributed by atoms with Crippen molar-refractivity contribution in [2.24, 2.45) is 5.92 Å². The molecule has 0 bridgehead atoms. The number of hydrogen-bond donors (Lipinski definition) is 1. The third kappa shape index (κ3) is 5.77. The van der Waals surface area contributed by atoms with Crippen molar-refractivity contribution in [3.63, 3.8) is 0 Å². The molecule has 0 aliphatic carbocycles. The lowest BCUT2D eigenvalue weighted by Gasteiger charge is -2.34. The van der Waals surface area contributed by atoms with E-state index in [4.69, 9.17) is 14.2 Å². The van der Waals surface area contributed by atoms with Gasteiger partial charge >= 0.3 is 5.97 Å². The fourth-order valence-corrected chi connectivity index (χ4v) is 7.58. The van der Waals surface area contributed by atoms with Crippen molar-refractivity contribution >= 4 is 16.0 Å². The van der Waals surface area contributed by atoms with Gasteiger partial charge in [0.25, 0.3) is 0 Å². The van der Waals surface area contributed by atoms with E-state index < -0.39 is 28.0 Å². The van der Waals surface area contributed by atoms with Gasteiger partial charge in [-0.05, 0) is 55.2 Å². The molecule has 38 heavy (non-hydrogen) atoms. The second-order valence-electron chi connectivity index (χ2n) is 10.0. The third-order valence-corrected chi connectivity index (χ3v) is 9.60. The lowest BCUT2D eigenvalue weighted by atomic mass is 9.82. The van der Waals surface area contributed by atoms with Crippen LogP contribution in [0.15, 0.2) is 42.5 Å². The van der Waals surface area contributed by atoms with E-state index in [1.54, 1.807) is 11.4 Å². The van der Waals surface area contributed by atoms with Crippen LogP contribution in [0.25, 0.3) is 0 Å². The summed E-state index contributed by atoms with van der Waals surface area (Å²) in [6, 6.07) is 12.3. The Morgan fingerprint density at radius 1 is 1.11 bits per heavy atom. The van der Waals surface area contributed by atoms with Gasteiger partial charge in [-0.1, -0.05) is 32.0 Å². The number of rotatable bonds is 12. The molecule has 0 saturated carbocycles. The van der Waals surface area contributed by atoms with Crippen LogP contribution < -0.4 is 14.2 Å². The minimum absolute atomic E-state index is 0.0941. The minimum atomic E-state index is -3.43. The number of fused-ring (bicyclic) bond motifs is 1. The molecule has 4 rings (SSSR count). The predicted octanol–water partition coefficient (Wildman–Crippen LogP) is 4.11. The van der Waals surface area contributed by atoms with E-state index in [1.165, 1.54) is 0 Å². The summed E-state index contributed by atoms with van der Waals surface area (Å²) in [6.07, 6.45) is 1.24. The van der Waals surface area contributed by atoms with E-state index in [1.807, 2.05) is 63.2 Å². The van der Waals surface area contributed by atoms with Crippen molar-refractivity contribution in [1.29, 1.82) is 0 Å². The highest BCUT2D eigenvalue weighted by Crippen LogP contribution is 2.48. The molecule has 0 spiro atoms. The Morgan fingerprint density at radius 2 is 1.79 bits per heavy atom. The van der Waals surface area contributed by atoms with Crippen LogP contribution >= 0.6 is 0 Å². The Bertz CT molecular complexity index is 1220. The minimum Gasteiger partial charge on any atom is -0.497 e. The lowest BCUT2D eigenvalue weighted by molar-refractivity contribution is -0.143. The normalized spacial score (nSPS) is 22.1. The van der Waals surface area contributed by atoms with Crippen LogP contribution in [0, 0.1) is 5.92 Å². The number of benzene rings is 2. The molecule has 0 aromatic heterocycles. The summed E-state index contributed by atoms with van der Waals surface area (Å²) in [7, 11) is -1.83. The van der Waals surface area contributed by atoms with Crippen molar-refractivity contribution in [2.45, 2.75) is 51.6 Å². The van der Waals surface area contributed by atoms with Crippen LogP contribution in [0.1, 0.15) is 56.7 Å². The smallest absolute Gasteiger partial charge is 0.309 e. The Hall–Kier alpha value is -2.82. The highest BCUT2D eigenvalue weighted by Gasteiger charge is 2.48. The molecule has 2 aromatic rings. The number of carboxylic acids is 1. The van der Waals surface area contributed by atoms with Crippen molar-refractivity contribution in [3.05, 3.63) is 53.6 Å². The van der Waals surface area contributed by atoms with Crippen LogP contribution in [0.3, 0.4) is 0 Å². The molecule has 1 fully saturated rings. The molecule has 4 atom stereocenters. The molecule has 10 heteroatoms. The molecule has 0 radical (unpaired) electrons. The van der Waals surface area contributed by atoms with Gasteiger partial charge in [0, 0.05) is 37.6 Å². The fourth-order valence-electron chi connectivity index (χ4n) is 5.76. The first-order valence-corrected chi connectivity index (χ1v) is 14.8. The molecule has 1 N–H and O–H groups in total. The SMILES string of the molecule is CCCN(C(C)CN1C[C@H](c2ccc3c(c2)OCO3)[C@H](C(=O)O)[C@H]1c1ccc(OC)cc1)S(=O)(=O)CCC. The van der Waals surface area contributed by atoms with E-state index in [9.17, 15) is 18.3 Å². The number of carboxylic acid groups (broad SMARTS) is 1. The number of aliphatic carboxylic acids is 1. The summed E-state index contributed by atoms with van der Waals surface area (Å²) in [4.78, 5) is 15.0. The Morgan fingerprint density at radius 3 is 2.42 bits per heavy atom. The summed E-state index contributed by atoms with van der Waals surface area (Å²) in [5.74, 6) is 0.0669. The van der Waals surface area contributed by atoms with Crippen LogP contribution in [0.4, 0.5) is 0 Å². The van der Waals surface area contributed by atoms with Crippen LogP contribution in [-0.4, -0.2) is 74.0 Å². The second-order valence-corrected chi connectivity index (χ2v) is 12.1. The average Bonchev–Trinajstić information content (AvgIpc) is 3.51. The predicted molar refractivity (Wildman–Crippen MR) is 144 cm³/mol. The van der Waals surface area contributed by atoms with Gasteiger partial charge in [0.15, 0.2) is 11.5 Å². The van der Waals surface area contributed by atoms with Gasteiger partial charge in [0.05, 0.1) is 18.8 Å². The van der Waals surface area contributed by atoms with E-state index in [-0.39, 0.29) is 24.5 Å². The maximum atomic E-state index is 13.1. The number of ether oxygens (including phenoxy) is 3. The lowest BCUT2D eigenvalue weighted by Crippen LogP contribution is -2.46. The zero-order valence-corrected chi connectivity index (χ0v) is 23.3. The maximum absolute atomic E-state index is 13.1. The Labute approximate surface area is 225 Å². The number of nitrogens with zero attached hydrogens (tertiary/aromatic N) is 2. The molecule has 0 amide bonds. The number of likely N-dealkylation sites (tertiary alicyclic amines) is 1. The fraction of sp³-hybridized carbons (Fsp3) is 0.536. The van der Waals surface area contributed by atoms with Crippen LogP contribution in [0.5, 0.6) is 17.2 Å². The number of methoxy groups -OCH3 is 1. The zero-order valence-electron chi connectivity index (χ0n) is 22.5. The summed E-state index contributed by atoms with van der Waals surface area (Å²) in [6.45, 7) is 7.18. The van der Waals surface area contributed by atoms with Gasteiger partial charge in [0.1, 0.15) is 5.75 Å². The number of carbonyl (C=O) groups is 1. The maximum Gasteiger partial charge on any atom is 0.309 e. The van der Waals surface area contributed by atoms with E-state index in [0.717, 1.165) is 11.1 Å². The monoisotopic (exact) mass is 546 g/mol.